The van der Waals surface area contributed by atoms with Gasteiger partial charge in [-0.05, 0) is 24.6 Å². The Morgan fingerprint density at radius 2 is 1.50 bits per heavy atom. The quantitative estimate of drug-likeness (QED) is 0.804. The first-order chi connectivity index (χ1) is 10.7. The summed E-state index contributed by atoms with van der Waals surface area (Å²) in [5.41, 5.74) is 2.74. The molecular formula is C18H17NO3. The van der Waals surface area contributed by atoms with Crippen LogP contribution in [-0.2, 0) is 0 Å². The van der Waals surface area contributed by atoms with Crippen molar-refractivity contribution in [3.05, 3.63) is 58.5 Å². The normalized spacial score (nSPS) is 10.7. The van der Waals surface area contributed by atoms with Gasteiger partial charge in [-0.15, -0.1) is 0 Å². The van der Waals surface area contributed by atoms with E-state index in [9.17, 15) is 4.79 Å². The van der Waals surface area contributed by atoms with Crippen LogP contribution in [0, 0.1) is 6.92 Å². The summed E-state index contributed by atoms with van der Waals surface area (Å²) in [6.45, 7) is 1.90. The lowest BCUT2D eigenvalue weighted by Gasteiger charge is -2.14. The first kappa shape index (κ1) is 14.2. The van der Waals surface area contributed by atoms with Gasteiger partial charge in [0.25, 0.3) is 5.56 Å². The fraction of sp³-hybridized carbons (Fsp3) is 0.167. The lowest BCUT2D eigenvalue weighted by molar-refractivity contribution is 0.356. The molecule has 4 nitrogen and oxygen atoms in total. The van der Waals surface area contributed by atoms with E-state index < -0.39 is 0 Å². The van der Waals surface area contributed by atoms with E-state index >= 15 is 0 Å². The molecule has 0 aliphatic heterocycles. The van der Waals surface area contributed by atoms with Gasteiger partial charge in [-0.2, -0.15) is 0 Å². The molecule has 0 amide bonds. The Hall–Kier alpha value is -2.75. The van der Waals surface area contributed by atoms with Crippen molar-refractivity contribution in [3.8, 4) is 22.6 Å². The Bertz CT molecular complexity index is 882. The lowest BCUT2D eigenvalue weighted by Crippen LogP contribution is -2.10. The highest BCUT2D eigenvalue weighted by Crippen LogP contribution is 2.36. The van der Waals surface area contributed by atoms with Gasteiger partial charge < -0.3 is 14.5 Å². The monoisotopic (exact) mass is 295 g/mol. The number of ether oxygens (including phenoxy) is 2. The van der Waals surface area contributed by atoms with Crippen molar-refractivity contribution in [3.63, 3.8) is 0 Å². The van der Waals surface area contributed by atoms with Crippen molar-refractivity contribution in [1.29, 1.82) is 0 Å². The molecule has 2 aromatic carbocycles. The zero-order valence-electron chi connectivity index (χ0n) is 12.8. The molecule has 112 valence electrons. The maximum Gasteiger partial charge on any atom is 0.256 e. The predicted octanol–water partition coefficient (Wildman–Crippen LogP) is 3.52. The van der Waals surface area contributed by atoms with Crippen LogP contribution >= 0.6 is 0 Å². The second-order valence-corrected chi connectivity index (χ2v) is 5.07. The molecular weight excluding hydrogens is 278 g/mol. The van der Waals surface area contributed by atoms with Crippen molar-refractivity contribution in [2.75, 3.05) is 14.2 Å². The summed E-state index contributed by atoms with van der Waals surface area (Å²) in [4.78, 5) is 15.2. The van der Waals surface area contributed by atoms with Crippen molar-refractivity contribution in [2.24, 2.45) is 0 Å². The van der Waals surface area contributed by atoms with Crippen LogP contribution in [0.1, 0.15) is 5.69 Å². The second kappa shape index (κ2) is 5.56. The van der Waals surface area contributed by atoms with Crippen LogP contribution in [0.4, 0.5) is 0 Å². The zero-order valence-corrected chi connectivity index (χ0v) is 12.8. The number of aromatic amines is 1. The Balaban J connectivity index is 2.44. The van der Waals surface area contributed by atoms with Gasteiger partial charge >= 0.3 is 0 Å². The standard InChI is InChI=1S/C18H17NO3/c1-11-17(12-7-5-4-6-8-12)13-9-15(21-2)16(22-3)10-14(13)18(20)19-11/h4-10H,1-3H3,(H,19,20). The minimum Gasteiger partial charge on any atom is -0.493 e. The average molecular weight is 295 g/mol. The van der Waals surface area contributed by atoms with Gasteiger partial charge in [-0.25, -0.2) is 0 Å². The minimum absolute atomic E-state index is 0.131. The zero-order chi connectivity index (χ0) is 15.7. The highest BCUT2D eigenvalue weighted by Gasteiger charge is 2.15. The molecule has 0 radical (unpaired) electrons. The minimum atomic E-state index is -0.131. The van der Waals surface area contributed by atoms with Crippen LogP contribution in [0.2, 0.25) is 0 Å². The van der Waals surface area contributed by atoms with E-state index in [0.29, 0.717) is 16.9 Å². The lowest BCUT2D eigenvalue weighted by atomic mass is 9.97. The van der Waals surface area contributed by atoms with Gasteiger partial charge in [-0.1, -0.05) is 30.3 Å². The summed E-state index contributed by atoms with van der Waals surface area (Å²) < 4.78 is 10.7. The van der Waals surface area contributed by atoms with E-state index in [-0.39, 0.29) is 5.56 Å². The third kappa shape index (κ3) is 2.22. The smallest absolute Gasteiger partial charge is 0.256 e. The summed E-state index contributed by atoms with van der Waals surface area (Å²) in [6, 6.07) is 13.6. The fourth-order valence-electron chi connectivity index (χ4n) is 2.75. The van der Waals surface area contributed by atoms with Gasteiger partial charge in [0.15, 0.2) is 11.5 Å². The molecule has 0 bridgehead atoms. The molecule has 22 heavy (non-hydrogen) atoms. The Morgan fingerprint density at radius 1 is 0.909 bits per heavy atom. The van der Waals surface area contributed by atoms with E-state index in [0.717, 1.165) is 22.2 Å². The molecule has 0 fully saturated rings. The van der Waals surface area contributed by atoms with Crippen molar-refractivity contribution in [1.82, 2.24) is 4.98 Å². The van der Waals surface area contributed by atoms with E-state index in [4.69, 9.17) is 9.47 Å². The maximum atomic E-state index is 12.3. The molecule has 0 saturated carbocycles. The highest BCUT2D eigenvalue weighted by atomic mass is 16.5. The van der Waals surface area contributed by atoms with Crippen LogP contribution in [0.5, 0.6) is 11.5 Å². The molecule has 0 spiro atoms. The molecule has 0 unspecified atom stereocenters. The number of aryl methyl sites for hydroxylation is 1. The molecule has 0 aliphatic rings. The molecule has 0 saturated heterocycles. The molecule has 4 heteroatoms. The first-order valence-corrected chi connectivity index (χ1v) is 6.99. The number of fused-ring (bicyclic) bond motifs is 1. The summed E-state index contributed by atoms with van der Waals surface area (Å²) in [5.74, 6) is 1.15. The number of methoxy groups -OCH3 is 2. The van der Waals surface area contributed by atoms with Gasteiger partial charge in [0.1, 0.15) is 0 Å². The van der Waals surface area contributed by atoms with Crippen molar-refractivity contribution in [2.45, 2.75) is 6.92 Å². The first-order valence-electron chi connectivity index (χ1n) is 6.99. The van der Waals surface area contributed by atoms with Gasteiger partial charge in [0, 0.05) is 16.6 Å². The number of hydrogen-bond donors (Lipinski definition) is 1. The Labute approximate surface area is 128 Å². The van der Waals surface area contributed by atoms with E-state index in [2.05, 4.69) is 4.98 Å². The van der Waals surface area contributed by atoms with Gasteiger partial charge in [-0.3, -0.25) is 4.79 Å². The largest absolute Gasteiger partial charge is 0.493 e. The van der Waals surface area contributed by atoms with Gasteiger partial charge in [0.05, 0.1) is 19.6 Å². The molecule has 1 N–H and O–H groups in total. The van der Waals surface area contributed by atoms with Gasteiger partial charge in [0.2, 0.25) is 0 Å². The Morgan fingerprint density at radius 3 is 2.09 bits per heavy atom. The van der Waals surface area contributed by atoms with E-state index in [1.807, 2.05) is 43.3 Å². The van der Waals surface area contributed by atoms with E-state index in [1.165, 1.54) is 0 Å². The number of aromatic nitrogens is 1. The predicted molar refractivity (Wildman–Crippen MR) is 87.8 cm³/mol. The Kier molecular flexibility index (Phi) is 3.59. The molecule has 3 rings (SSSR count). The number of hydrogen-bond acceptors (Lipinski definition) is 3. The number of benzene rings is 2. The molecule has 3 aromatic rings. The summed E-state index contributed by atoms with van der Waals surface area (Å²) in [7, 11) is 3.15. The van der Waals surface area contributed by atoms with Crippen LogP contribution in [0.25, 0.3) is 21.9 Å². The highest BCUT2D eigenvalue weighted by molar-refractivity contribution is 5.98. The number of rotatable bonds is 3. The molecule has 0 aliphatic carbocycles. The van der Waals surface area contributed by atoms with Crippen molar-refractivity contribution < 1.29 is 9.47 Å². The van der Waals surface area contributed by atoms with Crippen LogP contribution in [-0.4, -0.2) is 19.2 Å². The summed E-state index contributed by atoms with van der Waals surface area (Å²) in [5, 5.41) is 1.44. The van der Waals surface area contributed by atoms with Crippen LogP contribution in [0.15, 0.2) is 47.3 Å². The van der Waals surface area contributed by atoms with Crippen LogP contribution < -0.4 is 15.0 Å². The fourth-order valence-corrected chi connectivity index (χ4v) is 2.75. The second-order valence-electron chi connectivity index (χ2n) is 5.07. The van der Waals surface area contributed by atoms with Crippen molar-refractivity contribution >= 4 is 10.8 Å². The number of H-pyrrole nitrogens is 1. The SMILES string of the molecule is COc1cc2c(-c3ccccc3)c(C)[nH]c(=O)c2cc1OC. The molecule has 0 atom stereocenters. The average Bonchev–Trinajstić information content (AvgIpc) is 2.54. The third-order valence-corrected chi connectivity index (χ3v) is 3.78. The maximum absolute atomic E-state index is 12.3. The number of nitrogens with one attached hydrogen (secondary N) is 1. The summed E-state index contributed by atoms with van der Waals surface area (Å²) in [6.07, 6.45) is 0. The topological polar surface area (TPSA) is 51.3 Å². The molecule has 1 aromatic heterocycles. The number of pyridine rings is 1. The third-order valence-electron chi connectivity index (χ3n) is 3.78. The summed E-state index contributed by atoms with van der Waals surface area (Å²) >= 11 is 0. The molecule has 1 heterocycles. The van der Waals surface area contributed by atoms with Crippen LogP contribution in [0.3, 0.4) is 0 Å². The van der Waals surface area contributed by atoms with E-state index in [1.54, 1.807) is 20.3 Å².